The first kappa shape index (κ1) is 106. The Morgan fingerprint density at radius 1 is 0.436 bits per heavy atom. The van der Waals surface area contributed by atoms with Crippen LogP contribution in [-0.4, -0.2) is 328 Å². The Balaban J connectivity index is 0.684. The first-order chi connectivity index (χ1) is 66.5. The number of hydrogen-bond acceptors (Lipinski definition) is 49. The molecule has 0 aliphatic carbocycles. The number of aryl methyl sites for hydroxylation is 3. The molecule has 9 aromatic heterocycles. The molecule has 6 fully saturated rings. The van der Waals surface area contributed by atoms with Gasteiger partial charge in [-0.15, -0.1) is 4.73 Å². The SMILES string of the molecule is COCCOC1[C@@H](O)[C@@H](COP(O)(=S)O[C@@H]2C(OCCOC)[C@H](n3cc(C)c(N)nc3=O)O[C@@H]2COP(O)(=S)O[C@@H]2C(OCCOn3cc(C)c(=O)[nH]c3=O)CO[C@@H]2COP(=O)(O)O[C@@H]2C(OCCOC)[C@H](n3cnc4c(=O)[nH]c(N)nc43)O[C@@H]2COP(O)(=S)O[C@@H]2C[C@H](n3cnc4c(=O)[nH]c(N)nc43)O[C@@H]2COP(O)(=S)O[C@@H]2C[C@H](n3cnc4c(N)ncnc43)O[C@@H]2C)O[C@H]1n1cc(C)c(=O)[nH]c1=O. The number of ether oxygens (including phenoxy) is 13. The second-order valence-electron chi connectivity index (χ2n) is 32.0. The normalized spacial score (nSPS) is 28.7. The highest BCUT2D eigenvalue weighted by molar-refractivity contribution is 8.08. The summed E-state index contributed by atoms with van der Waals surface area (Å²) in [4.78, 5) is 200. The van der Waals surface area contributed by atoms with Crippen LogP contribution in [0.3, 0.4) is 0 Å². The van der Waals surface area contributed by atoms with Crippen LogP contribution in [0.1, 0.15) is 67.6 Å². The molecule has 69 heteroatoms. The van der Waals surface area contributed by atoms with Gasteiger partial charge in [-0.25, -0.2) is 43.9 Å². The highest BCUT2D eigenvalue weighted by atomic mass is 32.5. The molecule has 0 radical (unpaired) electrons. The molecule has 18 N–H and O–H groups in total. The Bertz CT molecular complexity index is 6660. The van der Waals surface area contributed by atoms with Gasteiger partial charge in [-0.3, -0.25) is 80.0 Å². The van der Waals surface area contributed by atoms with Crippen LogP contribution in [-0.2, 0) is 159 Å². The summed E-state index contributed by atoms with van der Waals surface area (Å²) in [5, 5.41) is 11.7. The molecule has 6 saturated heterocycles. The number of nitrogens with two attached hydrogens (primary N) is 4. The van der Waals surface area contributed by atoms with Gasteiger partial charge in [0.15, 0.2) is 52.5 Å². The molecule has 0 bridgehead atoms. The minimum absolute atomic E-state index is 0.0239. The van der Waals surface area contributed by atoms with Crippen molar-refractivity contribution in [2.24, 2.45) is 0 Å². The second kappa shape index (κ2) is 45.0. The van der Waals surface area contributed by atoms with Crippen molar-refractivity contribution in [2.45, 2.75) is 169 Å². The third-order valence-corrected chi connectivity index (χ3v) is 29.8. The predicted molar refractivity (Wildman–Crippen MR) is 491 cm³/mol. The number of nitrogens with one attached hydrogen (secondary N) is 4. The van der Waals surface area contributed by atoms with Crippen LogP contribution in [0.5, 0.6) is 0 Å². The minimum Gasteiger partial charge on any atom is -0.407 e. The topological polar surface area (TPSA) is 779 Å². The van der Waals surface area contributed by atoms with Gasteiger partial charge in [0.2, 0.25) is 11.9 Å². The Morgan fingerprint density at radius 3 is 1.52 bits per heavy atom. The van der Waals surface area contributed by atoms with Crippen molar-refractivity contribution in [3.05, 3.63) is 133 Å². The van der Waals surface area contributed by atoms with E-state index in [2.05, 4.69) is 59.8 Å². The second-order valence-corrected chi connectivity index (χ2v) is 44.6. The summed E-state index contributed by atoms with van der Waals surface area (Å²) in [5.41, 5.74) is 18.7. The Kier molecular flexibility index (Phi) is 34.2. The first-order valence-electron chi connectivity index (χ1n) is 42.3. The number of fused-ring (bicyclic) bond motifs is 3. The molecule has 15 heterocycles. The number of aromatic nitrogens is 18. The lowest BCUT2D eigenvalue weighted by molar-refractivity contribution is -0.0835. The zero-order chi connectivity index (χ0) is 100. The molecule has 26 atom stereocenters. The number of nitrogens with zero attached hydrogens (tertiary/aromatic N) is 14. The van der Waals surface area contributed by atoms with Crippen molar-refractivity contribution in [1.29, 1.82) is 0 Å². The number of rotatable bonds is 47. The van der Waals surface area contributed by atoms with Gasteiger partial charge in [0.25, 0.3) is 22.2 Å². The number of aromatic amines is 4. The summed E-state index contributed by atoms with van der Waals surface area (Å²) >= 11 is 22.6. The number of H-pyrrole nitrogens is 4. The smallest absolute Gasteiger partial charge is 0.407 e. The molecular formula is C71H99N22O38P5S4. The number of phosphoric acid groups is 1. The van der Waals surface area contributed by atoms with Crippen molar-refractivity contribution in [3.8, 4) is 0 Å². The van der Waals surface area contributed by atoms with Gasteiger partial charge in [-0.05, 0) is 74.9 Å². The molecule has 0 saturated carbocycles. The van der Waals surface area contributed by atoms with E-state index in [0.29, 0.717) is 15.9 Å². The van der Waals surface area contributed by atoms with Crippen LogP contribution in [0.25, 0.3) is 33.5 Å². The Morgan fingerprint density at radius 2 is 0.907 bits per heavy atom. The number of aliphatic hydroxyl groups excluding tert-OH is 1. The number of imidazole rings is 3. The van der Waals surface area contributed by atoms with E-state index in [1.54, 1.807) is 11.5 Å². The highest BCUT2D eigenvalue weighted by Gasteiger charge is 2.56. The molecule has 140 heavy (non-hydrogen) atoms. The number of nitrogen functional groups attached to an aromatic ring is 4. The third kappa shape index (κ3) is 24.9. The van der Waals surface area contributed by atoms with Crippen LogP contribution < -0.4 is 67.1 Å². The van der Waals surface area contributed by atoms with E-state index in [1.807, 2.05) is 0 Å². The van der Waals surface area contributed by atoms with E-state index in [9.17, 15) is 63.1 Å². The molecule has 770 valence electrons. The minimum atomic E-state index is -5.75. The lowest BCUT2D eigenvalue weighted by Crippen LogP contribution is -2.41. The average Bonchev–Trinajstić information content (AvgIpc) is 1.60. The molecule has 0 amide bonds. The van der Waals surface area contributed by atoms with Crippen molar-refractivity contribution in [1.82, 2.24) is 87.4 Å². The standard InChI is InChI=1S/C71H99N22O38P5S4/c1-31-18-88(69(99)81-55(31)72)65-54(114-13-10-110-7)51(131-136(107,140)119-23-38-48(94)52(112-11-8-108-5)64(124-38)89-19-32(2)60(95)86-70(89)100)42(125-65)26-121-135(106,139)130-49-39(111-14-15-116-93-20-33(3)61(96)87-71(93)101)21-115-40(49)24-117-132(102,103)129-50-41(126-66(53(50)113-12-9-109-6)92-30-80-47-59(92)83-68(75)85-63(47)98)25-120-134(105,138)128-36-17-44(91-29-79-46-58(91)82-67(74)84-62(46)97)123-37(36)22-118-133(104,137)127-35-16-43(122-34(35)4)90-28-78-45-56(73)76-27-77-57(45)90/h18-20,27-30,34-44,48-54,64-66,94H,8-17,21-26H2,1-7H3,(H,102,103)(H,104,137)(H,105,138)(H,106,139)(H,107,140)(H2,72,81,99)(H2,73,76,77)(H,86,95,100)(H,87,96,101)(H3,74,82,84,97)(H3,75,83,85,98)/t34-,35-,36-,37-,38-,39?,40-,41-,42-,43-,44-,48+,49-,50+,51+,52?,53?,54?,64-,65-,66-,133?,134?,135?,136?/m1/s1. The summed E-state index contributed by atoms with van der Waals surface area (Å²) in [6.45, 7) is -19.6. The molecule has 9 unspecified atom stereocenters. The number of methoxy groups -OCH3 is 3. The number of phosphoric ester groups is 1. The first-order valence-corrected chi connectivity index (χ1v) is 54.1. The largest absolute Gasteiger partial charge is 0.472 e. The molecule has 6 aliphatic rings. The molecule has 15 rings (SSSR count). The zero-order valence-electron chi connectivity index (χ0n) is 74.7. The van der Waals surface area contributed by atoms with Gasteiger partial charge in [0.1, 0.15) is 116 Å². The summed E-state index contributed by atoms with van der Waals surface area (Å²) in [6.07, 6.45) is -22.2. The van der Waals surface area contributed by atoms with Gasteiger partial charge in [0.05, 0.1) is 129 Å². The maximum Gasteiger partial charge on any atom is 0.472 e. The highest BCUT2D eigenvalue weighted by Crippen LogP contribution is 2.57. The van der Waals surface area contributed by atoms with Gasteiger partial charge < -0.3 is 146 Å². The van der Waals surface area contributed by atoms with Crippen molar-refractivity contribution < 1.29 is 146 Å². The van der Waals surface area contributed by atoms with Crippen LogP contribution in [0.2, 0.25) is 0 Å². The fourth-order valence-corrected chi connectivity index (χ4v) is 22.6. The molecule has 6 aliphatic heterocycles. The summed E-state index contributed by atoms with van der Waals surface area (Å²) in [5.74, 6) is -0.735. The van der Waals surface area contributed by atoms with Crippen LogP contribution in [0.4, 0.5) is 23.5 Å². The van der Waals surface area contributed by atoms with Crippen LogP contribution in [0, 0.1) is 20.8 Å². The van der Waals surface area contributed by atoms with Crippen molar-refractivity contribution in [3.63, 3.8) is 0 Å². The van der Waals surface area contributed by atoms with E-state index in [4.69, 9.17) is 182 Å². The van der Waals surface area contributed by atoms with Crippen LogP contribution >= 0.6 is 34.7 Å². The van der Waals surface area contributed by atoms with Gasteiger partial charge >= 0.3 is 51.8 Å². The van der Waals surface area contributed by atoms with Crippen molar-refractivity contribution >= 4 is 139 Å². The van der Waals surface area contributed by atoms with E-state index in [0.717, 1.165) is 21.7 Å². The van der Waals surface area contributed by atoms with Gasteiger partial charge in [-0.2, -0.15) is 15.0 Å². The van der Waals surface area contributed by atoms with E-state index < -0.39 is 262 Å². The third-order valence-electron chi connectivity index (χ3n) is 22.5. The van der Waals surface area contributed by atoms with Crippen LogP contribution in [0.15, 0.2) is 77.5 Å². The maximum absolute atomic E-state index is 15.2. The number of anilines is 4. The maximum atomic E-state index is 15.2. The van der Waals surface area contributed by atoms with Gasteiger partial charge in [0, 0.05) is 63.3 Å². The zero-order valence-corrected chi connectivity index (χ0v) is 82.4. The average molecular weight is 2150 g/mol. The summed E-state index contributed by atoms with van der Waals surface area (Å²) in [7, 11) is -1.68. The monoisotopic (exact) mass is 2150 g/mol. The fraction of sp³-hybridized carbons (Fsp3) is 0.620. The predicted octanol–water partition coefficient (Wildman–Crippen LogP) is -3.36. The molecule has 9 aromatic rings. The molecular weight excluding hydrogens is 2050 g/mol. The molecule has 60 nitrogen and oxygen atoms in total. The number of hydrogen-bond donors (Lipinski definition) is 14. The number of aliphatic hydroxyl groups is 1. The summed E-state index contributed by atoms with van der Waals surface area (Å²) < 4.78 is 161. The molecule has 0 spiro atoms. The Labute approximate surface area is 807 Å². The fourth-order valence-electron chi connectivity index (χ4n) is 15.8. The van der Waals surface area contributed by atoms with Gasteiger partial charge in [-0.1, -0.05) is 0 Å². The lowest BCUT2D eigenvalue weighted by Gasteiger charge is -2.30. The summed E-state index contributed by atoms with van der Waals surface area (Å²) in [6, 6.07) is 0. The quantitative estimate of drug-likeness (QED) is 0.0131. The molecule has 0 aromatic carbocycles. The van der Waals surface area contributed by atoms with E-state index >= 15 is 4.57 Å². The van der Waals surface area contributed by atoms with E-state index in [1.165, 1.54) is 82.6 Å². The lowest BCUT2D eigenvalue weighted by atomic mass is 10.1. The Hall–Kier alpha value is -7.84. The van der Waals surface area contributed by atoms with E-state index in [-0.39, 0.29) is 109 Å². The van der Waals surface area contributed by atoms with Crippen molar-refractivity contribution in [2.75, 3.05) is 137 Å².